The van der Waals surface area contributed by atoms with Crippen molar-refractivity contribution in [3.05, 3.63) is 35.4 Å². The molecule has 8 heteroatoms. The molecule has 0 radical (unpaired) electrons. The van der Waals surface area contributed by atoms with E-state index in [0.29, 0.717) is 24.9 Å². The van der Waals surface area contributed by atoms with Gasteiger partial charge in [-0.05, 0) is 70.3 Å². The van der Waals surface area contributed by atoms with E-state index in [2.05, 4.69) is 31.2 Å². The first-order valence-electron chi connectivity index (χ1n) is 11.1. The fourth-order valence-corrected chi connectivity index (χ4v) is 5.03. The predicted octanol–water partition coefficient (Wildman–Crippen LogP) is 3.94. The Hall–Kier alpha value is -2.09. The number of nitrogens with one attached hydrogen (secondary N) is 1. The lowest BCUT2D eigenvalue weighted by Crippen LogP contribution is -2.50. The average Bonchev–Trinajstić information content (AvgIpc) is 3.07. The first-order valence-corrected chi connectivity index (χ1v) is 11.1. The maximum Gasteiger partial charge on any atom is 0.416 e. The molecule has 1 aromatic carbocycles. The number of hydrogen-bond donors (Lipinski definition) is 1. The van der Waals surface area contributed by atoms with Gasteiger partial charge in [0, 0.05) is 24.2 Å². The third kappa shape index (κ3) is 5.40. The van der Waals surface area contributed by atoms with Gasteiger partial charge in [-0.2, -0.15) is 13.2 Å². The van der Waals surface area contributed by atoms with Crippen LogP contribution in [-0.2, 0) is 11.0 Å². The normalized spacial score (nSPS) is 27.1. The second-order valence-electron chi connectivity index (χ2n) is 8.97. The zero-order valence-corrected chi connectivity index (χ0v) is 18.4. The summed E-state index contributed by atoms with van der Waals surface area (Å²) in [5, 5.41) is 2.66. The Balaban J connectivity index is 1.66. The minimum absolute atomic E-state index is 0.0866. The highest BCUT2D eigenvalue weighted by molar-refractivity contribution is 5.98. The molecule has 1 heterocycles. The van der Waals surface area contributed by atoms with Gasteiger partial charge in [0.2, 0.25) is 5.91 Å². The topological polar surface area (TPSA) is 52.6 Å². The van der Waals surface area contributed by atoms with Gasteiger partial charge < -0.3 is 15.1 Å². The molecule has 1 aliphatic heterocycles. The van der Waals surface area contributed by atoms with Crippen LogP contribution in [0.25, 0.3) is 0 Å². The molecule has 4 atom stereocenters. The maximum atomic E-state index is 13.1. The highest BCUT2D eigenvalue weighted by Gasteiger charge is 2.42. The molecule has 1 aliphatic carbocycles. The fraction of sp³-hybridized carbons (Fsp3) is 0.652. The summed E-state index contributed by atoms with van der Waals surface area (Å²) in [6.45, 7) is 2.73. The molecule has 2 aliphatic rings. The summed E-state index contributed by atoms with van der Waals surface area (Å²) >= 11 is 0. The molecule has 0 bridgehead atoms. The van der Waals surface area contributed by atoms with Crippen LogP contribution in [0.3, 0.4) is 0 Å². The Morgan fingerprint density at radius 1 is 1.23 bits per heavy atom. The molecule has 1 N–H and O–H groups in total. The van der Waals surface area contributed by atoms with E-state index in [1.165, 1.54) is 12.1 Å². The van der Waals surface area contributed by atoms with Crippen molar-refractivity contribution in [1.29, 1.82) is 0 Å². The van der Waals surface area contributed by atoms with E-state index in [-0.39, 0.29) is 17.5 Å². The van der Waals surface area contributed by atoms with Gasteiger partial charge >= 0.3 is 6.18 Å². The summed E-state index contributed by atoms with van der Waals surface area (Å²) in [5.41, 5.74) is -0.962. The lowest BCUT2D eigenvalue weighted by Gasteiger charge is -2.43. The van der Waals surface area contributed by atoms with Crippen LogP contribution in [-0.4, -0.2) is 60.4 Å². The number of carbonyl (C=O) groups excluding carboxylic acids is 2. The van der Waals surface area contributed by atoms with Crippen LogP contribution in [0.5, 0.6) is 0 Å². The third-order valence-electron chi connectivity index (χ3n) is 6.70. The molecular weight excluding hydrogens is 407 g/mol. The Labute approximate surface area is 182 Å². The van der Waals surface area contributed by atoms with E-state index < -0.39 is 23.7 Å². The quantitative estimate of drug-likeness (QED) is 0.731. The van der Waals surface area contributed by atoms with Crippen molar-refractivity contribution in [3.63, 3.8) is 0 Å². The summed E-state index contributed by atoms with van der Waals surface area (Å²) < 4.78 is 38.8. The number of carbonyl (C=O) groups is 2. The van der Waals surface area contributed by atoms with E-state index in [0.717, 1.165) is 44.2 Å². The molecule has 0 spiro atoms. The minimum atomic E-state index is -4.52. The summed E-state index contributed by atoms with van der Waals surface area (Å²) in [7, 11) is 4.18. The third-order valence-corrected chi connectivity index (χ3v) is 6.70. The molecular formula is C23H32F3N3O2. The summed E-state index contributed by atoms with van der Waals surface area (Å²) in [6.07, 6.45) is 1.10. The zero-order chi connectivity index (χ0) is 22.8. The molecule has 31 heavy (non-hydrogen) atoms. The second kappa shape index (κ2) is 9.59. The van der Waals surface area contributed by atoms with Gasteiger partial charge in [0.25, 0.3) is 5.91 Å². The van der Waals surface area contributed by atoms with Crippen LogP contribution in [0, 0.1) is 5.92 Å². The SMILES string of the molecule is CCC[C@@H]1C[C@H](N(C)C)CC[C@@H]1N1CCC(NC(=O)c2cccc(C(F)(F)F)c2)C1=O. The molecule has 2 fully saturated rings. The Bertz CT molecular complexity index is 797. The summed E-state index contributed by atoms with van der Waals surface area (Å²) in [4.78, 5) is 29.8. The largest absolute Gasteiger partial charge is 0.416 e. The highest BCUT2D eigenvalue weighted by atomic mass is 19.4. The summed E-state index contributed by atoms with van der Waals surface area (Å²) in [6, 6.07) is 4.29. The van der Waals surface area contributed by atoms with Crippen LogP contribution in [0.4, 0.5) is 13.2 Å². The number of nitrogens with zero attached hydrogens (tertiary/aromatic N) is 2. The fourth-order valence-electron chi connectivity index (χ4n) is 5.03. The number of hydrogen-bond acceptors (Lipinski definition) is 3. The van der Waals surface area contributed by atoms with Crippen molar-refractivity contribution < 1.29 is 22.8 Å². The van der Waals surface area contributed by atoms with E-state index >= 15 is 0 Å². The Kier molecular flexibility index (Phi) is 7.29. The monoisotopic (exact) mass is 439 g/mol. The van der Waals surface area contributed by atoms with E-state index in [1.807, 2.05) is 4.90 Å². The van der Waals surface area contributed by atoms with E-state index in [4.69, 9.17) is 0 Å². The Morgan fingerprint density at radius 2 is 1.97 bits per heavy atom. The summed E-state index contributed by atoms with van der Waals surface area (Å²) in [5.74, 6) is -0.338. The van der Waals surface area contributed by atoms with Gasteiger partial charge in [-0.25, -0.2) is 0 Å². The van der Waals surface area contributed by atoms with Crippen LogP contribution < -0.4 is 5.32 Å². The molecule has 2 amide bonds. The number of amides is 2. The predicted molar refractivity (Wildman–Crippen MR) is 113 cm³/mol. The lowest BCUT2D eigenvalue weighted by molar-refractivity contribution is -0.137. The van der Waals surface area contributed by atoms with Gasteiger partial charge in [0.1, 0.15) is 6.04 Å². The molecule has 1 saturated carbocycles. The van der Waals surface area contributed by atoms with Gasteiger partial charge in [-0.1, -0.05) is 19.4 Å². The van der Waals surface area contributed by atoms with Crippen LogP contribution in [0.2, 0.25) is 0 Å². The van der Waals surface area contributed by atoms with Crippen molar-refractivity contribution in [3.8, 4) is 0 Å². The smallest absolute Gasteiger partial charge is 0.340 e. The van der Waals surface area contributed by atoms with Crippen molar-refractivity contribution >= 4 is 11.8 Å². The second-order valence-corrected chi connectivity index (χ2v) is 8.97. The standard InChI is InChI=1S/C23H32F3N3O2/c1-4-6-15-14-18(28(2)3)9-10-20(15)29-12-11-19(22(29)31)27-21(30)16-7-5-8-17(13-16)23(24,25)26/h5,7-8,13,15,18-20H,4,6,9-12,14H2,1-3H3,(H,27,30)/t15-,18-,19?,20+/m1/s1. The molecule has 3 rings (SSSR count). The van der Waals surface area contributed by atoms with Crippen molar-refractivity contribution in [1.82, 2.24) is 15.1 Å². The molecule has 1 saturated heterocycles. The molecule has 0 aromatic heterocycles. The lowest BCUT2D eigenvalue weighted by atomic mass is 9.78. The number of alkyl halides is 3. The van der Waals surface area contributed by atoms with Crippen molar-refractivity contribution in [2.75, 3.05) is 20.6 Å². The zero-order valence-electron chi connectivity index (χ0n) is 18.4. The van der Waals surface area contributed by atoms with E-state index in [9.17, 15) is 22.8 Å². The van der Waals surface area contributed by atoms with Crippen LogP contribution in [0.1, 0.15) is 61.4 Å². The molecule has 172 valence electrons. The van der Waals surface area contributed by atoms with Crippen LogP contribution in [0.15, 0.2) is 24.3 Å². The van der Waals surface area contributed by atoms with Crippen molar-refractivity contribution in [2.24, 2.45) is 5.92 Å². The van der Waals surface area contributed by atoms with Crippen LogP contribution >= 0.6 is 0 Å². The first kappa shape index (κ1) is 23.6. The molecule has 5 nitrogen and oxygen atoms in total. The van der Waals surface area contributed by atoms with E-state index in [1.54, 1.807) is 0 Å². The first-order chi connectivity index (χ1) is 14.6. The Morgan fingerprint density at radius 3 is 2.61 bits per heavy atom. The number of halogens is 3. The average molecular weight is 440 g/mol. The number of likely N-dealkylation sites (tertiary alicyclic amines) is 1. The van der Waals surface area contributed by atoms with Gasteiger partial charge in [0.05, 0.1) is 5.56 Å². The number of rotatable bonds is 6. The number of benzene rings is 1. The highest BCUT2D eigenvalue weighted by Crippen LogP contribution is 2.35. The van der Waals surface area contributed by atoms with Gasteiger partial charge in [0.15, 0.2) is 0 Å². The minimum Gasteiger partial charge on any atom is -0.340 e. The maximum absolute atomic E-state index is 13.1. The molecule has 1 aromatic rings. The molecule has 1 unspecified atom stereocenters. The van der Waals surface area contributed by atoms with Gasteiger partial charge in [-0.15, -0.1) is 0 Å². The van der Waals surface area contributed by atoms with Gasteiger partial charge in [-0.3, -0.25) is 9.59 Å². The van der Waals surface area contributed by atoms with Crippen molar-refractivity contribution in [2.45, 2.75) is 69.8 Å².